The van der Waals surface area contributed by atoms with Crippen LogP contribution in [0.25, 0.3) is 0 Å². The highest BCUT2D eigenvalue weighted by atomic mass is 79.9. The summed E-state index contributed by atoms with van der Waals surface area (Å²) in [5.41, 5.74) is 5.69. The fourth-order valence-corrected chi connectivity index (χ4v) is 1.70. The molecule has 15 heavy (non-hydrogen) atoms. The Bertz CT molecular complexity index is 337. The smallest absolute Gasteiger partial charge is 0.104 e. The number of quaternary nitrogens is 1. The molecule has 1 aromatic rings. The first-order valence-corrected chi connectivity index (χ1v) is 5.17. The molecule has 0 N–H and O–H groups in total. The van der Waals surface area contributed by atoms with E-state index in [2.05, 4.69) is 54.0 Å². The number of aryl methyl sites for hydroxylation is 3. The summed E-state index contributed by atoms with van der Waals surface area (Å²) < 4.78 is 0.989. The number of rotatable bonds is 2. The van der Waals surface area contributed by atoms with Crippen molar-refractivity contribution in [2.24, 2.45) is 0 Å². The van der Waals surface area contributed by atoms with Crippen LogP contribution in [0, 0.1) is 20.8 Å². The van der Waals surface area contributed by atoms with E-state index in [1.165, 1.54) is 22.3 Å². The highest BCUT2D eigenvalue weighted by Gasteiger charge is 2.11. The molecular formula is C13H22BrN. The molecule has 0 heterocycles. The van der Waals surface area contributed by atoms with Crippen molar-refractivity contribution in [2.45, 2.75) is 27.3 Å². The third-order valence-corrected chi connectivity index (χ3v) is 2.60. The molecule has 1 rings (SSSR count). The zero-order valence-corrected chi connectivity index (χ0v) is 12.3. The minimum atomic E-state index is 0. The lowest BCUT2D eigenvalue weighted by Gasteiger charge is -2.25. The van der Waals surface area contributed by atoms with Gasteiger partial charge in [0, 0.05) is 5.56 Å². The number of halogens is 1. The third-order valence-electron chi connectivity index (χ3n) is 2.60. The molecule has 0 bridgehead atoms. The molecule has 0 fully saturated rings. The van der Waals surface area contributed by atoms with Gasteiger partial charge >= 0.3 is 0 Å². The fourth-order valence-electron chi connectivity index (χ4n) is 1.70. The van der Waals surface area contributed by atoms with E-state index in [0.717, 1.165) is 11.0 Å². The van der Waals surface area contributed by atoms with Gasteiger partial charge in [-0.25, -0.2) is 0 Å². The van der Waals surface area contributed by atoms with Crippen LogP contribution in [0.15, 0.2) is 12.1 Å². The SMILES string of the molecule is Cc1cc(C)c(C[N+](C)(C)C)cc1C.[Br-]. The summed E-state index contributed by atoms with van der Waals surface area (Å²) in [6, 6.07) is 4.62. The van der Waals surface area contributed by atoms with Gasteiger partial charge < -0.3 is 21.5 Å². The quantitative estimate of drug-likeness (QED) is 0.655. The van der Waals surface area contributed by atoms with E-state index in [1.54, 1.807) is 0 Å². The first-order chi connectivity index (χ1) is 6.29. The van der Waals surface area contributed by atoms with Crippen molar-refractivity contribution in [3.8, 4) is 0 Å². The second-order valence-corrected chi connectivity index (χ2v) is 5.31. The van der Waals surface area contributed by atoms with E-state index in [1.807, 2.05) is 0 Å². The lowest BCUT2D eigenvalue weighted by Crippen LogP contribution is -3.00. The molecule has 0 spiro atoms. The molecule has 0 radical (unpaired) electrons. The molecule has 1 aromatic carbocycles. The van der Waals surface area contributed by atoms with Crippen LogP contribution >= 0.6 is 0 Å². The lowest BCUT2D eigenvalue weighted by molar-refractivity contribution is -0.884. The van der Waals surface area contributed by atoms with Gasteiger partial charge in [0.2, 0.25) is 0 Å². The van der Waals surface area contributed by atoms with Crippen molar-refractivity contribution >= 4 is 0 Å². The highest BCUT2D eigenvalue weighted by molar-refractivity contribution is 5.35. The van der Waals surface area contributed by atoms with Crippen molar-refractivity contribution in [1.29, 1.82) is 0 Å². The number of benzene rings is 1. The van der Waals surface area contributed by atoms with Gasteiger partial charge in [-0.15, -0.1) is 0 Å². The van der Waals surface area contributed by atoms with E-state index in [4.69, 9.17) is 0 Å². The maximum atomic E-state index is 2.33. The van der Waals surface area contributed by atoms with Crippen LogP contribution < -0.4 is 17.0 Å². The van der Waals surface area contributed by atoms with Crippen LogP contribution in [0.1, 0.15) is 22.3 Å². The molecule has 0 saturated carbocycles. The average molecular weight is 272 g/mol. The Morgan fingerprint density at radius 1 is 0.867 bits per heavy atom. The monoisotopic (exact) mass is 271 g/mol. The standard InChI is InChI=1S/C13H22N.BrH/c1-10-7-12(3)13(8-11(10)2)9-14(4,5)6;/h7-8H,9H2,1-6H3;1H/q+1;/p-1. The summed E-state index contributed by atoms with van der Waals surface area (Å²) >= 11 is 0. The molecule has 0 unspecified atom stereocenters. The van der Waals surface area contributed by atoms with Crippen molar-refractivity contribution in [1.82, 2.24) is 0 Å². The van der Waals surface area contributed by atoms with Crippen LogP contribution in [-0.2, 0) is 6.54 Å². The Kier molecular flexibility index (Phi) is 5.01. The molecule has 0 aliphatic carbocycles. The van der Waals surface area contributed by atoms with Crippen molar-refractivity contribution in [3.05, 3.63) is 34.4 Å². The maximum absolute atomic E-state index is 2.33. The summed E-state index contributed by atoms with van der Waals surface area (Å²) in [7, 11) is 6.69. The van der Waals surface area contributed by atoms with E-state index in [0.29, 0.717) is 0 Å². The van der Waals surface area contributed by atoms with E-state index < -0.39 is 0 Å². The highest BCUT2D eigenvalue weighted by Crippen LogP contribution is 2.17. The molecule has 0 aliphatic rings. The Hall–Kier alpha value is -0.340. The predicted octanol–water partition coefficient (Wildman–Crippen LogP) is -0.178. The van der Waals surface area contributed by atoms with E-state index in [-0.39, 0.29) is 17.0 Å². The first-order valence-electron chi connectivity index (χ1n) is 5.17. The number of hydrogen-bond donors (Lipinski definition) is 0. The van der Waals surface area contributed by atoms with Crippen molar-refractivity contribution in [3.63, 3.8) is 0 Å². The van der Waals surface area contributed by atoms with Crippen LogP contribution in [0.4, 0.5) is 0 Å². The lowest BCUT2D eigenvalue weighted by atomic mass is 10.0. The normalized spacial score (nSPS) is 11.1. The Morgan fingerprint density at radius 2 is 1.33 bits per heavy atom. The molecule has 86 valence electrons. The average Bonchev–Trinajstić information content (AvgIpc) is 1.97. The number of nitrogens with zero attached hydrogens (tertiary/aromatic N) is 1. The topological polar surface area (TPSA) is 0 Å². The van der Waals surface area contributed by atoms with Gasteiger partial charge in [0.15, 0.2) is 0 Å². The zero-order chi connectivity index (χ0) is 10.9. The van der Waals surface area contributed by atoms with E-state index in [9.17, 15) is 0 Å². The minimum Gasteiger partial charge on any atom is -1.00 e. The van der Waals surface area contributed by atoms with Gasteiger partial charge in [-0.2, -0.15) is 0 Å². The molecular weight excluding hydrogens is 250 g/mol. The van der Waals surface area contributed by atoms with Crippen LogP contribution in [-0.4, -0.2) is 25.6 Å². The zero-order valence-electron chi connectivity index (χ0n) is 10.7. The summed E-state index contributed by atoms with van der Waals surface area (Å²) in [5, 5.41) is 0. The van der Waals surface area contributed by atoms with Gasteiger partial charge in [-0.3, -0.25) is 0 Å². The predicted molar refractivity (Wildman–Crippen MR) is 62.4 cm³/mol. The summed E-state index contributed by atoms with van der Waals surface area (Å²) in [6.45, 7) is 7.68. The Morgan fingerprint density at radius 3 is 1.80 bits per heavy atom. The van der Waals surface area contributed by atoms with Gasteiger partial charge in [0.05, 0.1) is 21.1 Å². The van der Waals surface area contributed by atoms with Crippen LogP contribution in [0.5, 0.6) is 0 Å². The largest absolute Gasteiger partial charge is 1.00 e. The molecule has 0 amide bonds. The molecule has 1 nitrogen and oxygen atoms in total. The van der Waals surface area contributed by atoms with Crippen molar-refractivity contribution < 1.29 is 21.5 Å². The molecule has 0 saturated heterocycles. The first kappa shape index (κ1) is 14.7. The number of hydrogen-bond acceptors (Lipinski definition) is 0. The Balaban J connectivity index is 0.00000196. The van der Waals surface area contributed by atoms with Crippen LogP contribution in [0.2, 0.25) is 0 Å². The molecule has 2 heteroatoms. The molecule has 0 atom stereocenters. The van der Waals surface area contributed by atoms with Crippen molar-refractivity contribution in [2.75, 3.05) is 21.1 Å². The maximum Gasteiger partial charge on any atom is 0.104 e. The molecule has 0 aromatic heterocycles. The fraction of sp³-hybridized carbons (Fsp3) is 0.538. The second-order valence-electron chi connectivity index (χ2n) is 5.31. The summed E-state index contributed by atoms with van der Waals surface area (Å²) in [4.78, 5) is 0. The van der Waals surface area contributed by atoms with E-state index >= 15 is 0 Å². The second kappa shape index (κ2) is 5.13. The summed E-state index contributed by atoms with van der Waals surface area (Å²) in [6.07, 6.45) is 0. The molecule has 0 aliphatic heterocycles. The minimum absolute atomic E-state index is 0. The Labute approximate surface area is 104 Å². The van der Waals surface area contributed by atoms with Gasteiger partial charge in [0.1, 0.15) is 6.54 Å². The van der Waals surface area contributed by atoms with Gasteiger partial charge in [-0.05, 0) is 43.5 Å². The van der Waals surface area contributed by atoms with Crippen LogP contribution in [0.3, 0.4) is 0 Å². The van der Waals surface area contributed by atoms with Gasteiger partial charge in [0.25, 0.3) is 0 Å². The summed E-state index contributed by atoms with van der Waals surface area (Å²) in [5.74, 6) is 0. The third kappa shape index (κ3) is 4.35. The van der Waals surface area contributed by atoms with Gasteiger partial charge in [-0.1, -0.05) is 6.07 Å².